The second kappa shape index (κ2) is 14.1. The summed E-state index contributed by atoms with van der Waals surface area (Å²) < 4.78 is 10.0. The molecule has 0 heterocycles. The summed E-state index contributed by atoms with van der Waals surface area (Å²) in [4.78, 5) is 37.8. The molecule has 31 heavy (non-hydrogen) atoms. The first-order valence-electron chi connectivity index (χ1n) is 10.7. The van der Waals surface area contributed by atoms with Crippen LogP contribution >= 0.6 is 0 Å². The van der Waals surface area contributed by atoms with E-state index in [1.54, 1.807) is 19.1 Å². The standard InChI is InChI=1S/C23H35N3O5/c1-6-9-13-26(14-10-7-2)22(28)25-20-15-19(12-11-17(20)4)24-23(29)31-18(5)16-30-21(27)8-3/h8,11-12,15,18H,3,6-7,9-10,13-14,16H2,1-2,4-5H3,(H,24,29)(H,25,28). The van der Waals surface area contributed by atoms with Gasteiger partial charge in [0, 0.05) is 30.5 Å². The van der Waals surface area contributed by atoms with Crippen molar-refractivity contribution in [3.05, 3.63) is 36.4 Å². The van der Waals surface area contributed by atoms with Crippen LogP contribution in [-0.4, -0.2) is 48.8 Å². The number of urea groups is 1. The summed E-state index contributed by atoms with van der Waals surface area (Å²) >= 11 is 0. The van der Waals surface area contributed by atoms with Crippen LogP contribution in [0.2, 0.25) is 0 Å². The second-order valence-corrected chi connectivity index (χ2v) is 7.33. The molecular formula is C23H35N3O5. The van der Waals surface area contributed by atoms with Gasteiger partial charge in [-0.15, -0.1) is 0 Å². The van der Waals surface area contributed by atoms with E-state index in [1.165, 1.54) is 0 Å². The van der Waals surface area contributed by atoms with Gasteiger partial charge in [0.25, 0.3) is 0 Å². The van der Waals surface area contributed by atoms with Gasteiger partial charge >= 0.3 is 18.1 Å². The molecule has 0 saturated carbocycles. The molecule has 0 aromatic heterocycles. The van der Waals surface area contributed by atoms with E-state index in [0.717, 1.165) is 37.3 Å². The quantitative estimate of drug-likeness (QED) is 0.353. The zero-order chi connectivity index (χ0) is 23.2. The number of ether oxygens (including phenoxy) is 2. The van der Waals surface area contributed by atoms with Crippen LogP contribution < -0.4 is 10.6 Å². The lowest BCUT2D eigenvalue weighted by molar-refractivity contribution is -0.140. The SMILES string of the molecule is C=CC(=O)OCC(C)OC(=O)Nc1ccc(C)c(NC(=O)N(CCCC)CCCC)c1. The van der Waals surface area contributed by atoms with Crippen LogP contribution in [0, 0.1) is 6.92 Å². The fourth-order valence-electron chi connectivity index (χ4n) is 2.66. The average Bonchev–Trinajstić information content (AvgIpc) is 2.74. The lowest BCUT2D eigenvalue weighted by atomic mass is 10.2. The largest absolute Gasteiger partial charge is 0.459 e. The molecule has 0 aliphatic heterocycles. The van der Waals surface area contributed by atoms with Crippen molar-refractivity contribution in [2.24, 2.45) is 0 Å². The Kier molecular flexibility index (Phi) is 11.8. The first kappa shape index (κ1) is 26.0. The van der Waals surface area contributed by atoms with E-state index in [1.807, 2.05) is 17.9 Å². The highest BCUT2D eigenvalue weighted by Crippen LogP contribution is 2.21. The van der Waals surface area contributed by atoms with Gasteiger partial charge in [-0.25, -0.2) is 14.4 Å². The third-order valence-corrected chi connectivity index (χ3v) is 4.51. The van der Waals surface area contributed by atoms with Crippen LogP contribution in [0.3, 0.4) is 0 Å². The van der Waals surface area contributed by atoms with Gasteiger partial charge in [0.1, 0.15) is 12.7 Å². The Balaban J connectivity index is 2.72. The minimum Gasteiger partial charge on any atom is -0.459 e. The maximum absolute atomic E-state index is 12.8. The van der Waals surface area contributed by atoms with Crippen molar-refractivity contribution >= 4 is 29.5 Å². The summed E-state index contributed by atoms with van der Waals surface area (Å²) in [7, 11) is 0. The van der Waals surface area contributed by atoms with Crippen LogP contribution in [-0.2, 0) is 14.3 Å². The molecule has 0 aliphatic carbocycles. The molecule has 0 aliphatic rings. The topological polar surface area (TPSA) is 97.0 Å². The lowest BCUT2D eigenvalue weighted by Crippen LogP contribution is -2.36. The molecule has 172 valence electrons. The van der Waals surface area contributed by atoms with Gasteiger partial charge < -0.3 is 19.7 Å². The number of unbranched alkanes of at least 4 members (excludes halogenated alkanes) is 2. The molecule has 3 amide bonds. The highest BCUT2D eigenvalue weighted by atomic mass is 16.6. The fourth-order valence-corrected chi connectivity index (χ4v) is 2.66. The van der Waals surface area contributed by atoms with E-state index in [-0.39, 0.29) is 12.6 Å². The Bertz CT molecular complexity index is 743. The predicted molar refractivity (Wildman–Crippen MR) is 122 cm³/mol. The first-order valence-corrected chi connectivity index (χ1v) is 10.7. The molecule has 8 heteroatoms. The van der Waals surface area contributed by atoms with E-state index < -0.39 is 18.2 Å². The molecule has 0 spiro atoms. The number of amides is 3. The molecule has 0 radical (unpaired) electrons. The molecule has 8 nitrogen and oxygen atoms in total. The fraction of sp³-hybridized carbons (Fsp3) is 0.522. The number of esters is 1. The van der Waals surface area contributed by atoms with Crippen molar-refractivity contribution in [3.8, 4) is 0 Å². The summed E-state index contributed by atoms with van der Waals surface area (Å²) in [6, 6.07) is 5.07. The Hall–Kier alpha value is -3.03. The van der Waals surface area contributed by atoms with Gasteiger partial charge in [0.15, 0.2) is 0 Å². The van der Waals surface area contributed by atoms with Crippen molar-refractivity contribution in [3.63, 3.8) is 0 Å². The van der Waals surface area contributed by atoms with Gasteiger partial charge in [-0.2, -0.15) is 0 Å². The van der Waals surface area contributed by atoms with Gasteiger partial charge in [-0.05, 0) is 44.4 Å². The third-order valence-electron chi connectivity index (χ3n) is 4.51. The predicted octanol–water partition coefficient (Wildman–Crippen LogP) is 5.10. The monoisotopic (exact) mass is 433 g/mol. The zero-order valence-corrected chi connectivity index (χ0v) is 19.0. The van der Waals surface area contributed by atoms with Crippen molar-refractivity contribution in [1.29, 1.82) is 0 Å². The lowest BCUT2D eigenvalue weighted by Gasteiger charge is -2.23. The molecular weight excluding hydrogens is 398 g/mol. The number of nitrogens with zero attached hydrogens (tertiary/aromatic N) is 1. The molecule has 1 rings (SSSR count). The number of benzene rings is 1. The number of hydrogen-bond acceptors (Lipinski definition) is 5. The van der Waals surface area contributed by atoms with Crippen LogP contribution in [0.1, 0.15) is 52.0 Å². The number of hydrogen-bond donors (Lipinski definition) is 2. The molecule has 2 N–H and O–H groups in total. The second-order valence-electron chi connectivity index (χ2n) is 7.33. The summed E-state index contributed by atoms with van der Waals surface area (Å²) in [6.45, 7) is 12.3. The summed E-state index contributed by atoms with van der Waals surface area (Å²) in [5.41, 5.74) is 1.98. The summed E-state index contributed by atoms with van der Waals surface area (Å²) in [6.07, 6.45) is 3.66. The Labute approximate surface area is 185 Å². The van der Waals surface area contributed by atoms with E-state index in [4.69, 9.17) is 9.47 Å². The number of rotatable bonds is 12. The van der Waals surface area contributed by atoms with Crippen LogP contribution in [0.15, 0.2) is 30.9 Å². The first-order chi connectivity index (χ1) is 14.8. The van der Waals surface area contributed by atoms with Gasteiger partial charge in [0.05, 0.1) is 0 Å². The average molecular weight is 434 g/mol. The van der Waals surface area contributed by atoms with Crippen molar-refractivity contribution in [2.45, 2.75) is 59.5 Å². The van der Waals surface area contributed by atoms with Crippen LogP contribution in [0.4, 0.5) is 21.0 Å². The molecule has 1 aromatic rings. The van der Waals surface area contributed by atoms with Crippen LogP contribution in [0.5, 0.6) is 0 Å². The Morgan fingerprint density at radius 1 is 1.13 bits per heavy atom. The summed E-state index contributed by atoms with van der Waals surface area (Å²) in [5.74, 6) is -0.582. The van der Waals surface area contributed by atoms with Crippen LogP contribution in [0.25, 0.3) is 0 Å². The highest BCUT2D eigenvalue weighted by molar-refractivity contribution is 5.92. The maximum atomic E-state index is 12.8. The van der Waals surface area contributed by atoms with E-state index in [0.29, 0.717) is 24.5 Å². The van der Waals surface area contributed by atoms with E-state index >= 15 is 0 Å². The van der Waals surface area contributed by atoms with Crippen molar-refractivity contribution in [2.75, 3.05) is 30.3 Å². The van der Waals surface area contributed by atoms with Crippen molar-refractivity contribution < 1.29 is 23.9 Å². The third kappa shape index (κ3) is 10.0. The number of anilines is 2. The minimum atomic E-state index is -0.684. The number of carbonyl (C=O) groups is 3. The van der Waals surface area contributed by atoms with E-state index in [9.17, 15) is 14.4 Å². The highest BCUT2D eigenvalue weighted by Gasteiger charge is 2.15. The van der Waals surface area contributed by atoms with E-state index in [2.05, 4.69) is 31.1 Å². The Morgan fingerprint density at radius 3 is 2.35 bits per heavy atom. The molecule has 0 fully saturated rings. The summed E-state index contributed by atoms with van der Waals surface area (Å²) in [5, 5.41) is 5.58. The van der Waals surface area contributed by atoms with Gasteiger partial charge in [-0.1, -0.05) is 39.3 Å². The molecule has 0 saturated heterocycles. The number of nitrogens with one attached hydrogen (secondary N) is 2. The van der Waals surface area contributed by atoms with Gasteiger partial charge in [0.2, 0.25) is 0 Å². The normalized spacial score (nSPS) is 11.2. The minimum absolute atomic E-state index is 0.0706. The maximum Gasteiger partial charge on any atom is 0.412 e. The number of carbonyl (C=O) groups excluding carboxylic acids is 3. The van der Waals surface area contributed by atoms with Gasteiger partial charge in [-0.3, -0.25) is 5.32 Å². The molecule has 1 aromatic carbocycles. The zero-order valence-electron chi connectivity index (χ0n) is 19.0. The molecule has 0 bridgehead atoms. The Morgan fingerprint density at radius 2 is 1.77 bits per heavy atom. The smallest absolute Gasteiger partial charge is 0.412 e. The number of aryl methyl sites for hydroxylation is 1. The molecule has 1 atom stereocenters. The van der Waals surface area contributed by atoms with Crippen molar-refractivity contribution in [1.82, 2.24) is 4.90 Å². The molecule has 1 unspecified atom stereocenters.